The molecule has 0 bridgehead atoms. The number of carbonyl (C=O) groups is 1. The zero-order valence-electron chi connectivity index (χ0n) is 16.5. The maximum absolute atomic E-state index is 12.9. The van der Waals surface area contributed by atoms with E-state index in [-0.39, 0.29) is 27.7 Å². The van der Waals surface area contributed by atoms with Gasteiger partial charge < -0.3 is 13.9 Å². The Kier molecular flexibility index (Phi) is 6.59. The molecule has 31 heavy (non-hydrogen) atoms. The summed E-state index contributed by atoms with van der Waals surface area (Å²) in [6.07, 6.45) is -2.93. The third-order valence-corrected chi connectivity index (χ3v) is 4.75. The van der Waals surface area contributed by atoms with Crippen molar-refractivity contribution < 1.29 is 31.9 Å². The normalized spacial score (nSPS) is 12.7. The summed E-state index contributed by atoms with van der Waals surface area (Å²) in [5.74, 6) is -1.44. The molecule has 7 nitrogen and oxygen atoms in total. The lowest BCUT2D eigenvalue weighted by atomic mass is 10.1. The van der Waals surface area contributed by atoms with Crippen LogP contribution in [-0.4, -0.2) is 28.7 Å². The average molecular weight is 459 g/mol. The SMILES string of the molecule is CCCCC(Oc1ccc2oc(=O)n(-c3ncc(C(F)(F)F)cc3Cl)c2c1)C(=O)OC. The number of nitrogens with zero attached hydrogens (tertiary/aromatic N) is 2. The summed E-state index contributed by atoms with van der Waals surface area (Å²) in [6.45, 7) is 1.96. The van der Waals surface area contributed by atoms with E-state index in [1.165, 1.54) is 25.3 Å². The molecule has 166 valence electrons. The van der Waals surface area contributed by atoms with Gasteiger partial charge in [0.05, 0.1) is 17.7 Å². The molecule has 2 aromatic heterocycles. The molecule has 0 aliphatic heterocycles. The highest BCUT2D eigenvalue weighted by Gasteiger charge is 2.32. The quantitative estimate of drug-likeness (QED) is 0.475. The van der Waals surface area contributed by atoms with Crippen molar-refractivity contribution in [3.8, 4) is 11.6 Å². The summed E-state index contributed by atoms with van der Waals surface area (Å²) in [7, 11) is 1.25. The van der Waals surface area contributed by atoms with E-state index in [0.29, 0.717) is 18.7 Å². The van der Waals surface area contributed by atoms with Gasteiger partial charge in [-0.25, -0.2) is 19.1 Å². The van der Waals surface area contributed by atoms with Crippen LogP contribution >= 0.6 is 11.6 Å². The van der Waals surface area contributed by atoms with Crippen LogP contribution in [0.3, 0.4) is 0 Å². The Balaban J connectivity index is 2.04. The highest BCUT2D eigenvalue weighted by atomic mass is 35.5. The predicted octanol–water partition coefficient (Wildman–Crippen LogP) is 4.76. The summed E-state index contributed by atoms with van der Waals surface area (Å²) >= 11 is 5.98. The number of methoxy groups -OCH3 is 1. The molecule has 1 atom stereocenters. The lowest BCUT2D eigenvalue weighted by Crippen LogP contribution is -2.28. The summed E-state index contributed by atoms with van der Waals surface area (Å²) in [5, 5.41) is -0.388. The number of fused-ring (bicyclic) bond motifs is 1. The average Bonchev–Trinajstić information content (AvgIpc) is 3.04. The predicted molar refractivity (Wildman–Crippen MR) is 106 cm³/mol. The fourth-order valence-electron chi connectivity index (χ4n) is 2.93. The van der Waals surface area contributed by atoms with E-state index < -0.39 is 29.6 Å². The van der Waals surface area contributed by atoms with Gasteiger partial charge in [0.25, 0.3) is 0 Å². The van der Waals surface area contributed by atoms with Crippen LogP contribution in [0.25, 0.3) is 16.9 Å². The monoisotopic (exact) mass is 458 g/mol. The first-order valence-electron chi connectivity index (χ1n) is 9.29. The van der Waals surface area contributed by atoms with Gasteiger partial charge in [-0.15, -0.1) is 0 Å². The third-order valence-electron chi connectivity index (χ3n) is 4.47. The summed E-state index contributed by atoms with van der Waals surface area (Å²) in [4.78, 5) is 28.1. The number of unbranched alkanes of at least 4 members (excludes halogenated alkanes) is 1. The molecule has 0 amide bonds. The van der Waals surface area contributed by atoms with E-state index in [1.54, 1.807) is 0 Å². The first-order chi connectivity index (χ1) is 14.7. The number of hydrogen-bond acceptors (Lipinski definition) is 6. The maximum Gasteiger partial charge on any atom is 0.425 e. The van der Waals surface area contributed by atoms with Crippen LogP contribution in [-0.2, 0) is 15.7 Å². The van der Waals surface area contributed by atoms with E-state index in [0.717, 1.165) is 17.4 Å². The number of oxazole rings is 1. The van der Waals surface area contributed by atoms with Crippen LogP contribution < -0.4 is 10.5 Å². The second-order valence-electron chi connectivity index (χ2n) is 6.63. The smallest absolute Gasteiger partial charge is 0.425 e. The summed E-state index contributed by atoms with van der Waals surface area (Å²) in [6, 6.07) is 5.03. The van der Waals surface area contributed by atoms with E-state index in [9.17, 15) is 22.8 Å². The molecular formula is C20H18ClF3N2O5. The number of benzene rings is 1. The zero-order valence-corrected chi connectivity index (χ0v) is 17.3. The van der Waals surface area contributed by atoms with Gasteiger partial charge in [-0.2, -0.15) is 13.2 Å². The number of halogens is 4. The first-order valence-corrected chi connectivity index (χ1v) is 9.66. The van der Waals surface area contributed by atoms with Gasteiger partial charge in [-0.3, -0.25) is 0 Å². The molecule has 0 saturated heterocycles. The van der Waals surface area contributed by atoms with Crippen molar-refractivity contribution in [3.63, 3.8) is 0 Å². The van der Waals surface area contributed by atoms with Crippen molar-refractivity contribution in [2.75, 3.05) is 7.11 Å². The van der Waals surface area contributed by atoms with Crippen LogP contribution in [0.1, 0.15) is 31.7 Å². The molecule has 0 saturated carbocycles. The molecule has 1 unspecified atom stereocenters. The molecule has 11 heteroatoms. The molecule has 1 aromatic carbocycles. The Morgan fingerprint density at radius 2 is 2.06 bits per heavy atom. The standard InChI is InChI=1S/C20H18ClF3N2O5/c1-3-4-5-16(18(27)29-2)30-12-6-7-15-14(9-12)26(19(28)31-15)17-13(21)8-11(10-25-17)20(22,23)24/h6-10,16H,3-5H2,1-2H3. The number of hydrogen-bond donors (Lipinski definition) is 0. The minimum absolute atomic E-state index is 0.137. The van der Waals surface area contributed by atoms with Crippen molar-refractivity contribution in [2.45, 2.75) is 38.5 Å². The van der Waals surface area contributed by atoms with Crippen LogP contribution in [0.2, 0.25) is 5.02 Å². The molecular weight excluding hydrogens is 441 g/mol. The number of esters is 1. The molecule has 0 aliphatic rings. The number of rotatable bonds is 7. The molecule has 0 aliphatic carbocycles. The van der Waals surface area contributed by atoms with Gasteiger partial charge in [-0.1, -0.05) is 24.9 Å². The van der Waals surface area contributed by atoms with E-state index in [2.05, 4.69) is 4.98 Å². The molecule has 3 rings (SSSR count). The Morgan fingerprint density at radius 1 is 1.32 bits per heavy atom. The Hall–Kier alpha value is -3.01. The fourth-order valence-corrected chi connectivity index (χ4v) is 3.18. The second-order valence-corrected chi connectivity index (χ2v) is 7.04. The summed E-state index contributed by atoms with van der Waals surface area (Å²) in [5.41, 5.74) is -0.753. The Labute approximate surface area is 179 Å². The van der Waals surface area contributed by atoms with Crippen LogP contribution in [0.5, 0.6) is 5.75 Å². The van der Waals surface area contributed by atoms with Crippen LogP contribution in [0.15, 0.2) is 39.7 Å². The van der Waals surface area contributed by atoms with Crippen molar-refractivity contribution in [1.29, 1.82) is 0 Å². The maximum atomic E-state index is 12.9. The van der Waals surface area contributed by atoms with Crippen molar-refractivity contribution in [1.82, 2.24) is 9.55 Å². The Morgan fingerprint density at radius 3 is 2.68 bits per heavy atom. The lowest BCUT2D eigenvalue weighted by Gasteiger charge is -2.16. The highest BCUT2D eigenvalue weighted by molar-refractivity contribution is 6.32. The minimum Gasteiger partial charge on any atom is -0.479 e. The number of carbonyl (C=O) groups excluding carboxylic acids is 1. The van der Waals surface area contributed by atoms with Crippen LogP contribution in [0, 0.1) is 0 Å². The van der Waals surface area contributed by atoms with Crippen molar-refractivity contribution in [2.24, 2.45) is 0 Å². The van der Waals surface area contributed by atoms with Crippen molar-refractivity contribution in [3.05, 3.63) is 51.6 Å². The number of ether oxygens (including phenoxy) is 2. The van der Waals surface area contributed by atoms with Crippen molar-refractivity contribution >= 4 is 28.7 Å². The topological polar surface area (TPSA) is 83.6 Å². The third kappa shape index (κ3) is 4.84. The number of aromatic nitrogens is 2. The molecule has 0 spiro atoms. The fraction of sp³-hybridized carbons (Fsp3) is 0.350. The summed E-state index contributed by atoms with van der Waals surface area (Å²) < 4.78 is 55.2. The van der Waals surface area contributed by atoms with Gasteiger partial charge in [0, 0.05) is 12.3 Å². The second kappa shape index (κ2) is 9.01. The molecule has 3 aromatic rings. The zero-order chi connectivity index (χ0) is 22.8. The molecule has 0 radical (unpaired) electrons. The number of alkyl halides is 3. The molecule has 0 fully saturated rings. The first kappa shape index (κ1) is 22.7. The van der Waals surface area contributed by atoms with Gasteiger partial charge in [-0.05, 0) is 31.0 Å². The van der Waals surface area contributed by atoms with Gasteiger partial charge in [0.15, 0.2) is 17.5 Å². The van der Waals surface area contributed by atoms with Crippen LogP contribution in [0.4, 0.5) is 13.2 Å². The largest absolute Gasteiger partial charge is 0.479 e. The molecule has 2 heterocycles. The number of pyridine rings is 1. The van der Waals surface area contributed by atoms with E-state index >= 15 is 0 Å². The van der Waals surface area contributed by atoms with E-state index in [1.807, 2.05) is 6.92 Å². The van der Waals surface area contributed by atoms with Gasteiger partial charge in [0.1, 0.15) is 11.3 Å². The Bertz CT molecular complexity index is 1160. The molecule has 0 N–H and O–H groups in total. The van der Waals surface area contributed by atoms with Gasteiger partial charge in [0.2, 0.25) is 0 Å². The highest BCUT2D eigenvalue weighted by Crippen LogP contribution is 2.33. The lowest BCUT2D eigenvalue weighted by molar-refractivity contribution is -0.149. The van der Waals surface area contributed by atoms with E-state index in [4.69, 9.17) is 25.5 Å². The van der Waals surface area contributed by atoms with Gasteiger partial charge >= 0.3 is 17.9 Å². The minimum atomic E-state index is -4.64.